The minimum absolute atomic E-state index is 0.547. The molecule has 3 heteroatoms. The van der Waals surface area contributed by atoms with Crippen molar-refractivity contribution in [2.24, 2.45) is 5.73 Å². The molecule has 0 heterocycles. The molecule has 1 atom stereocenters. The van der Waals surface area contributed by atoms with Crippen LogP contribution in [0.1, 0.15) is 12.5 Å². The minimum Gasteiger partial charge on any atom is -0.314 e. The summed E-state index contributed by atoms with van der Waals surface area (Å²) in [7, 11) is 0. The van der Waals surface area contributed by atoms with E-state index in [1.807, 2.05) is 18.2 Å². The summed E-state index contributed by atoms with van der Waals surface area (Å²) in [6, 6.07) is 9.05. The zero-order valence-corrected chi connectivity index (χ0v) is 7.51. The highest BCUT2D eigenvalue weighted by Gasteiger charge is 2.28. The van der Waals surface area contributed by atoms with Crippen molar-refractivity contribution in [3.8, 4) is 0 Å². The first-order chi connectivity index (χ1) is 5.55. The fourth-order valence-electron chi connectivity index (χ4n) is 0.898. The van der Waals surface area contributed by atoms with Gasteiger partial charge in [0.1, 0.15) is 5.54 Å². The molecule has 0 aliphatic heterocycles. The molecule has 2 N–H and O–H groups in total. The molecule has 12 heavy (non-hydrogen) atoms. The molecule has 1 rings (SSSR count). The van der Waals surface area contributed by atoms with E-state index in [0.717, 1.165) is 5.56 Å². The molecule has 1 aromatic rings. The fourth-order valence-corrected chi connectivity index (χ4v) is 1.01. The Morgan fingerprint density at radius 3 is 2.33 bits per heavy atom. The first-order valence-electron chi connectivity index (χ1n) is 3.59. The van der Waals surface area contributed by atoms with Crippen LogP contribution in [-0.2, 0) is 10.3 Å². The number of rotatable bonds is 2. The Kier molecular flexibility index (Phi) is 2.50. The van der Waals surface area contributed by atoms with Gasteiger partial charge in [-0.05, 0) is 24.1 Å². The van der Waals surface area contributed by atoms with Crippen LogP contribution in [0.4, 0.5) is 0 Å². The number of halogens is 1. The number of nitrogens with two attached hydrogens (primary N) is 1. The zero-order valence-electron chi connectivity index (χ0n) is 6.75. The van der Waals surface area contributed by atoms with Gasteiger partial charge in [-0.25, -0.2) is 0 Å². The van der Waals surface area contributed by atoms with E-state index in [2.05, 4.69) is 0 Å². The largest absolute Gasteiger partial charge is 0.314 e. The van der Waals surface area contributed by atoms with Gasteiger partial charge >= 0.3 is 0 Å². The monoisotopic (exact) mass is 183 g/mol. The first-order valence-corrected chi connectivity index (χ1v) is 3.97. The lowest BCUT2D eigenvalue weighted by molar-refractivity contribution is -0.116. The number of carbonyl (C=O) groups excluding carboxylic acids is 1. The molecule has 0 saturated carbocycles. The van der Waals surface area contributed by atoms with Crippen molar-refractivity contribution in [1.29, 1.82) is 0 Å². The topological polar surface area (TPSA) is 43.1 Å². The molecule has 0 aromatic heterocycles. The van der Waals surface area contributed by atoms with Crippen LogP contribution in [0.25, 0.3) is 0 Å². The third-order valence-corrected chi connectivity index (χ3v) is 2.17. The van der Waals surface area contributed by atoms with Crippen molar-refractivity contribution in [2.45, 2.75) is 12.5 Å². The van der Waals surface area contributed by atoms with E-state index in [-0.39, 0.29) is 0 Å². The number of hydrogen-bond donors (Lipinski definition) is 1. The maximum absolute atomic E-state index is 10.9. The van der Waals surface area contributed by atoms with Crippen molar-refractivity contribution in [2.75, 3.05) is 0 Å². The maximum Gasteiger partial charge on any atom is 0.245 e. The Morgan fingerprint density at radius 1 is 1.42 bits per heavy atom. The Morgan fingerprint density at radius 2 is 1.92 bits per heavy atom. The molecule has 2 nitrogen and oxygen atoms in total. The lowest BCUT2D eigenvalue weighted by Crippen LogP contribution is -2.38. The molecule has 0 spiro atoms. The van der Waals surface area contributed by atoms with Crippen LogP contribution >= 0.6 is 11.6 Å². The first kappa shape index (κ1) is 9.23. The predicted octanol–water partition coefficient (Wildman–Crippen LogP) is 1.63. The summed E-state index contributed by atoms with van der Waals surface area (Å²) >= 11 is 5.34. The van der Waals surface area contributed by atoms with Crippen LogP contribution in [-0.4, -0.2) is 5.24 Å². The van der Waals surface area contributed by atoms with Crippen LogP contribution in [0.15, 0.2) is 30.3 Å². The number of carbonyl (C=O) groups is 1. The summed E-state index contributed by atoms with van der Waals surface area (Å²) in [5.74, 6) is 0. The third-order valence-electron chi connectivity index (χ3n) is 1.78. The van der Waals surface area contributed by atoms with Crippen molar-refractivity contribution in [3.05, 3.63) is 35.9 Å². The van der Waals surface area contributed by atoms with Crippen LogP contribution in [0.5, 0.6) is 0 Å². The molecule has 0 radical (unpaired) electrons. The lowest BCUT2D eigenvalue weighted by Gasteiger charge is -2.19. The highest BCUT2D eigenvalue weighted by atomic mass is 35.5. The highest BCUT2D eigenvalue weighted by molar-refractivity contribution is 6.65. The molecule has 0 unspecified atom stereocenters. The molecule has 0 fully saturated rings. The second-order valence-electron chi connectivity index (χ2n) is 2.84. The number of hydrogen-bond acceptors (Lipinski definition) is 2. The van der Waals surface area contributed by atoms with E-state index in [0.29, 0.717) is 0 Å². The summed E-state index contributed by atoms with van der Waals surface area (Å²) in [4.78, 5) is 10.9. The normalized spacial score (nSPS) is 15.2. The molecule has 1 aromatic carbocycles. The van der Waals surface area contributed by atoms with Crippen LogP contribution in [0.2, 0.25) is 0 Å². The summed E-state index contributed by atoms with van der Waals surface area (Å²) in [5, 5.41) is -0.547. The summed E-state index contributed by atoms with van der Waals surface area (Å²) < 4.78 is 0. The van der Waals surface area contributed by atoms with Gasteiger partial charge in [0.2, 0.25) is 5.24 Å². The molecule has 0 aliphatic carbocycles. The Bertz CT molecular complexity index is 282. The van der Waals surface area contributed by atoms with Gasteiger partial charge in [0.25, 0.3) is 0 Å². The quantitative estimate of drug-likeness (QED) is 0.709. The van der Waals surface area contributed by atoms with Gasteiger partial charge < -0.3 is 5.73 Å². The van der Waals surface area contributed by atoms with Crippen molar-refractivity contribution in [3.63, 3.8) is 0 Å². The lowest BCUT2D eigenvalue weighted by atomic mass is 9.95. The predicted molar refractivity (Wildman–Crippen MR) is 48.8 cm³/mol. The van der Waals surface area contributed by atoms with E-state index in [4.69, 9.17) is 17.3 Å². The zero-order chi connectivity index (χ0) is 9.19. The van der Waals surface area contributed by atoms with E-state index in [1.54, 1.807) is 19.1 Å². The average molecular weight is 184 g/mol. The third kappa shape index (κ3) is 1.65. The summed E-state index contributed by atoms with van der Waals surface area (Å²) in [5.41, 5.74) is 5.35. The second kappa shape index (κ2) is 3.25. The van der Waals surface area contributed by atoms with E-state index in [9.17, 15) is 4.79 Å². The Balaban J connectivity index is 3.06. The summed E-state index contributed by atoms with van der Waals surface area (Å²) in [6.45, 7) is 1.59. The van der Waals surface area contributed by atoms with Gasteiger partial charge in [0.15, 0.2) is 0 Å². The van der Waals surface area contributed by atoms with Gasteiger partial charge in [0.05, 0.1) is 0 Å². The van der Waals surface area contributed by atoms with Crippen molar-refractivity contribution < 1.29 is 4.79 Å². The maximum atomic E-state index is 10.9. The van der Waals surface area contributed by atoms with Gasteiger partial charge in [-0.15, -0.1) is 0 Å². The standard InChI is InChI=1S/C9H10ClNO/c1-9(11,8(10)12)7-5-3-2-4-6-7/h2-6H,11H2,1H3/t9-/m1/s1. The molecule has 0 saturated heterocycles. The van der Waals surface area contributed by atoms with Crippen LogP contribution < -0.4 is 5.73 Å². The van der Waals surface area contributed by atoms with Crippen LogP contribution in [0, 0.1) is 0 Å². The molecule has 64 valence electrons. The van der Waals surface area contributed by atoms with E-state index >= 15 is 0 Å². The Hall–Kier alpha value is -0.860. The van der Waals surface area contributed by atoms with Gasteiger partial charge in [-0.1, -0.05) is 30.3 Å². The van der Waals surface area contributed by atoms with Crippen molar-refractivity contribution >= 4 is 16.8 Å². The smallest absolute Gasteiger partial charge is 0.245 e. The molecule has 0 aliphatic rings. The van der Waals surface area contributed by atoms with Crippen molar-refractivity contribution in [1.82, 2.24) is 0 Å². The Labute approximate surface area is 76.3 Å². The number of benzene rings is 1. The highest BCUT2D eigenvalue weighted by Crippen LogP contribution is 2.19. The van der Waals surface area contributed by atoms with Gasteiger partial charge in [-0.2, -0.15) is 0 Å². The van der Waals surface area contributed by atoms with Gasteiger partial charge in [0, 0.05) is 0 Å². The van der Waals surface area contributed by atoms with Crippen LogP contribution in [0.3, 0.4) is 0 Å². The second-order valence-corrected chi connectivity index (χ2v) is 3.19. The van der Waals surface area contributed by atoms with Gasteiger partial charge in [-0.3, -0.25) is 4.79 Å². The van der Waals surface area contributed by atoms with E-state index in [1.165, 1.54) is 0 Å². The average Bonchev–Trinajstić information content (AvgIpc) is 2.06. The molecular weight excluding hydrogens is 174 g/mol. The molecule has 0 bridgehead atoms. The SMILES string of the molecule is C[C@](N)(C(=O)Cl)c1ccccc1. The summed E-state index contributed by atoms with van der Waals surface area (Å²) in [6.07, 6.45) is 0. The minimum atomic E-state index is -1.08. The molecule has 0 amide bonds. The van der Waals surface area contributed by atoms with E-state index < -0.39 is 10.8 Å². The molecular formula is C9H10ClNO. The fraction of sp³-hybridized carbons (Fsp3) is 0.222.